The number of benzene rings is 2. The Morgan fingerprint density at radius 3 is 2.28 bits per heavy atom. The van der Waals surface area contributed by atoms with Crippen molar-refractivity contribution in [3.63, 3.8) is 0 Å². The number of aromatic hydroxyl groups is 1. The molecule has 11 heteroatoms. The van der Waals surface area contributed by atoms with E-state index in [1.54, 1.807) is 6.92 Å². The molecule has 2 aromatic rings. The lowest BCUT2D eigenvalue weighted by atomic mass is 10.1. The number of nitrogens with two attached hydrogens (primary N) is 1. The topological polar surface area (TPSA) is 147 Å². The second kappa shape index (κ2) is 7.75. The fraction of sp³-hybridized carbons (Fsp3) is 0.278. The number of sulfonamides is 2. The number of nitrogens with zero attached hydrogens (tertiary/aromatic N) is 1. The Bertz CT molecular complexity index is 1170. The summed E-state index contributed by atoms with van der Waals surface area (Å²) in [6.45, 7) is 2.45. The van der Waals surface area contributed by atoms with Crippen molar-refractivity contribution < 1.29 is 26.7 Å². The van der Waals surface area contributed by atoms with Gasteiger partial charge in [0.2, 0.25) is 20.0 Å². The molecule has 0 radical (unpaired) electrons. The van der Waals surface area contributed by atoms with Gasteiger partial charge in [0.1, 0.15) is 5.75 Å². The molecule has 1 fully saturated rings. The van der Waals surface area contributed by atoms with Crippen LogP contribution in [0.3, 0.4) is 0 Å². The predicted molar refractivity (Wildman–Crippen MR) is 107 cm³/mol. The van der Waals surface area contributed by atoms with Crippen LogP contribution >= 0.6 is 0 Å². The Hall–Kier alpha value is -2.47. The van der Waals surface area contributed by atoms with Crippen LogP contribution in [-0.4, -0.2) is 45.2 Å². The Morgan fingerprint density at radius 1 is 1.03 bits per heavy atom. The number of amides is 1. The lowest BCUT2D eigenvalue weighted by Crippen LogP contribution is -2.28. The molecule has 2 aromatic carbocycles. The molecule has 0 saturated carbocycles. The van der Waals surface area contributed by atoms with Gasteiger partial charge in [0, 0.05) is 18.7 Å². The molecule has 9 nitrogen and oxygen atoms in total. The van der Waals surface area contributed by atoms with E-state index in [4.69, 9.17) is 5.14 Å². The minimum absolute atomic E-state index is 0.0312. The first kappa shape index (κ1) is 21.2. The first-order chi connectivity index (χ1) is 13.5. The Morgan fingerprint density at radius 2 is 1.66 bits per heavy atom. The third-order valence-electron chi connectivity index (χ3n) is 4.70. The van der Waals surface area contributed by atoms with Crippen LogP contribution in [0, 0.1) is 6.92 Å². The van der Waals surface area contributed by atoms with Crippen molar-refractivity contribution >= 4 is 31.6 Å². The quantitative estimate of drug-likeness (QED) is 0.600. The number of anilines is 1. The van der Waals surface area contributed by atoms with Gasteiger partial charge >= 0.3 is 0 Å². The van der Waals surface area contributed by atoms with E-state index in [9.17, 15) is 26.7 Å². The number of phenols is 1. The number of hydrogen-bond donors (Lipinski definition) is 3. The van der Waals surface area contributed by atoms with Crippen molar-refractivity contribution in [1.82, 2.24) is 4.31 Å². The summed E-state index contributed by atoms with van der Waals surface area (Å²) in [4.78, 5) is 12.4. The second-order valence-corrected chi connectivity index (χ2v) is 10.3. The molecule has 156 valence electrons. The third kappa shape index (κ3) is 4.42. The van der Waals surface area contributed by atoms with Crippen molar-refractivity contribution in [1.29, 1.82) is 0 Å². The van der Waals surface area contributed by atoms with Gasteiger partial charge in [-0.3, -0.25) is 4.79 Å². The molecule has 0 aliphatic carbocycles. The standard InChI is InChI=1S/C18H21N3O6S2/c1-12-4-5-13(28(19,24)25)10-15(12)18(23)20-16-11-14(6-7-17(16)22)29(26,27)21-8-2-3-9-21/h4-7,10-11,22H,2-3,8-9H2,1H3,(H,20,23)(H2,19,24,25). The van der Waals surface area contributed by atoms with Gasteiger partial charge in [0.05, 0.1) is 15.5 Å². The number of nitrogens with one attached hydrogen (secondary N) is 1. The average molecular weight is 440 g/mol. The van der Waals surface area contributed by atoms with E-state index in [2.05, 4.69) is 5.32 Å². The van der Waals surface area contributed by atoms with E-state index in [-0.39, 0.29) is 26.8 Å². The smallest absolute Gasteiger partial charge is 0.256 e. The summed E-state index contributed by atoms with van der Waals surface area (Å²) in [6.07, 6.45) is 1.56. The maximum atomic E-state index is 12.7. The lowest BCUT2D eigenvalue weighted by Gasteiger charge is -2.17. The van der Waals surface area contributed by atoms with Crippen molar-refractivity contribution in [2.75, 3.05) is 18.4 Å². The zero-order valence-electron chi connectivity index (χ0n) is 15.6. The molecule has 1 aliphatic rings. The molecule has 0 bridgehead atoms. The van der Waals surface area contributed by atoms with Gasteiger partial charge in [0.25, 0.3) is 5.91 Å². The highest BCUT2D eigenvalue weighted by molar-refractivity contribution is 7.89. The van der Waals surface area contributed by atoms with Crippen LogP contribution in [0.2, 0.25) is 0 Å². The fourth-order valence-corrected chi connectivity index (χ4v) is 5.15. The number of rotatable bonds is 5. The zero-order valence-corrected chi connectivity index (χ0v) is 17.3. The van der Waals surface area contributed by atoms with Crippen molar-refractivity contribution in [3.05, 3.63) is 47.5 Å². The van der Waals surface area contributed by atoms with Crippen LogP contribution in [0.25, 0.3) is 0 Å². The largest absolute Gasteiger partial charge is 0.506 e. The van der Waals surface area contributed by atoms with Crippen molar-refractivity contribution in [2.24, 2.45) is 5.14 Å². The second-order valence-electron chi connectivity index (χ2n) is 6.77. The number of carbonyl (C=O) groups excluding carboxylic acids is 1. The first-order valence-corrected chi connectivity index (χ1v) is 11.8. The molecule has 0 unspecified atom stereocenters. The lowest BCUT2D eigenvalue weighted by molar-refractivity contribution is 0.102. The van der Waals surface area contributed by atoms with Crippen molar-refractivity contribution in [3.8, 4) is 5.75 Å². The number of hydrogen-bond acceptors (Lipinski definition) is 6. The third-order valence-corrected chi connectivity index (χ3v) is 7.51. The highest BCUT2D eigenvalue weighted by Gasteiger charge is 2.28. The van der Waals surface area contributed by atoms with Crippen molar-refractivity contribution in [2.45, 2.75) is 29.6 Å². The highest BCUT2D eigenvalue weighted by atomic mass is 32.2. The molecular weight excluding hydrogens is 418 g/mol. The van der Waals surface area contributed by atoms with E-state index in [0.29, 0.717) is 18.7 Å². The van der Waals surface area contributed by atoms with E-state index < -0.39 is 26.0 Å². The predicted octanol–water partition coefficient (Wildman–Crippen LogP) is 1.38. The molecule has 1 saturated heterocycles. The molecule has 0 spiro atoms. The van der Waals surface area contributed by atoms with Crippen LogP contribution in [0.1, 0.15) is 28.8 Å². The molecule has 29 heavy (non-hydrogen) atoms. The summed E-state index contributed by atoms with van der Waals surface area (Å²) in [5, 5.41) is 17.6. The minimum atomic E-state index is -4.01. The summed E-state index contributed by atoms with van der Waals surface area (Å²) < 4.78 is 49.9. The normalized spacial score (nSPS) is 15.4. The monoisotopic (exact) mass is 439 g/mol. The van der Waals surface area contributed by atoms with Crippen LogP contribution in [0.5, 0.6) is 5.75 Å². The molecular formula is C18H21N3O6S2. The SMILES string of the molecule is Cc1ccc(S(N)(=O)=O)cc1C(=O)Nc1cc(S(=O)(=O)N2CCCC2)ccc1O. The van der Waals surface area contributed by atoms with E-state index >= 15 is 0 Å². The Kier molecular flexibility index (Phi) is 5.68. The molecule has 1 aliphatic heterocycles. The molecule has 0 atom stereocenters. The Balaban J connectivity index is 1.94. The molecule has 4 N–H and O–H groups in total. The average Bonchev–Trinajstić information content (AvgIpc) is 3.18. The number of primary sulfonamides is 1. The van der Waals surface area contributed by atoms with Crippen LogP contribution < -0.4 is 10.5 Å². The van der Waals surface area contributed by atoms with Gasteiger partial charge in [-0.25, -0.2) is 22.0 Å². The maximum absolute atomic E-state index is 12.7. The molecule has 1 amide bonds. The van der Waals surface area contributed by atoms with Crippen LogP contribution in [0.4, 0.5) is 5.69 Å². The van der Waals surface area contributed by atoms with E-state index in [1.807, 2.05) is 0 Å². The van der Waals surface area contributed by atoms with Gasteiger partial charge in [-0.05, 0) is 55.7 Å². The van der Waals surface area contributed by atoms with Gasteiger partial charge < -0.3 is 10.4 Å². The maximum Gasteiger partial charge on any atom is 0.256 e. The molecule has 0 aromatic heterocycles. The zero-order chi connectivity index (χ0) is 21.4. The van der Waals surface area contributed by atoms with Gasteiger partial charge in [0.15, 0.2) is 0 Å². The molecule has 1 heterocycles. The summed E-state index contributed by atoms with van der Waals surface area (Å²) in [5.41, 5.74) is 0.412. The van der Waals surface area contributed by atoms with Gasteiger partial charge in [-0.2, -0.15) is 4.31 Å². The minimum Gasteiger partial charge on any atom is -0.506 e. The Labute approximate surface area is 169 Å². The molecule has 3 rings (SSSR count). The number of carbonyl (C=O) groups is 1. The van der Waals surface area contributed by atoms with Crippen LogP contribution in [-0.2, 0) is 20.0 Å². The summed E-state index contributed by atoms with van der Waals surface area (Å²) in [6, 6.07) is 7.48. The van der Waals surface area contributed by atoms with Gasteiger partial charge in [-0.15, -0.1) is 0 Å². The summed E-state index contributed by atoms with van der Waals surface area (Å²) >= 11 is 0. The number of phenolic OH excluding ortho intramolecular Hbond substituents is 1. The fourth-order valence-electron chi connectivity index (χ4n) is 3.07. The van der Waals surface area contributed by atoms with Crippen LogP contribution in [0.15, 0.2) is 46.2 Å². The summed E-state index contributed by atoms with van der Waals surface area (Å²) in [5.74, 6) is -1.03. The first-order valence-electron chi connectivity index (χ1n) is 8.78. The highest BCUT2D eigenvalue weighted by Crippen LogP contribution is 2.30. The summed E-state index contributed by atoms with van der Waals surface area (Å²) in [7, 11) is -7.74. The van der Waals surface area contributed by atoms with Gasteiger partial charge in [-0.1, -0.05) is 6.07 Å². The van der Waals surface area contributed by atoms with E-state index in [0.717, 1.165) is 18.9 Å². The van der Waals surface area contributed by atoms with E-state index in [1.165, 1.54) is 34.6 Å². The number of aryl methyl sites for hydroxylation is 1.